The molecule has 0 amide bonds. The quantitative estimate of drug-likeness (QED) is 0.827. The second-order valence-electron chi connectivity index (χ2n) is 4.44. The van der Waals surface area contributed by atoms with Crippen molar-refractivity contribution >= 4 is 11.9 Å². The smallest absolute Gasteiger partial charge is 0.337 e. The van der Waals surface area contributed by atoms with Crippen molar-refractivity contribution in [2.24, 2.45) is 0 Å². The van der Waals surface area contributed by atoms with E-state index in [2.05, 4.69) is 19.8 Å². The first-order valence-corrected chi connectivity index (χ1v) is 6.36. The summed E-state index contributed by atoms with van der Waals surface area (Å²) in [5, 5.41) is 16.9. The summed E-state index contributed by atoms with van der Waals surface area (Å²) < 4.78 is 10.8. The number of aromatic nitrogens is 3. The maximum atomic E-state index is 11.7. The van der Waals surface area contributed by atoms with Crippen molar-refractivity contribution in [1.82, 2.24) is 15.0 Å². The Morgan fingerprint density at radius 1 is 1.14 bits per heavy atom. The van der Waals surface area contributed by atoms with Crippen LogP contribution in [0.3, 0.4) is 0 Å². The number of benzene rings is 1. The van der Waals surface area contributed by atoms with E-state index in [1.54, 1.807) is 6.92 Å². The Kier molecular flexibility index (Phi) is 4.52. The van der Waals surface area contributed by atoms with Crippen molar-refractivity contribution < 1.29 is 24.2 Å². The average Bonchev–Trinajstić information content (AvgIpc) is 2.93. The van der Waals surface area contributed by atoms with Gasteiger partial charge < -0.3 is 14.6 Å². The molecular formula is C14H15N3O5. The molecule has 1 heterocycles. The van der Waals surface area contributed by atoms with E-state index in [0.29, 0.717) is 17.1 Å². The molecule has 0 unspecified atom stereocenters. The van der Waals surface area contributed by atoms with Crippen molar-refractivity contribution in [2.45, 2.75) is 13.5 Å². The van der Waals surface area contributed by atoms with Gasteiger partial charge in [0.1, 0.15) is 5.69 Å². The number of carbonyl (C=O) groups is 2. The van der Waals surface area contributed by atoms with Gasteiger partial charge in [-0.2, -0.15) is 0 Å². The first-order valence-electron chi connectivity index (χ1n) is 6.36. The largest absolute Gasteiger partial charge is 0.465 e. The summed E-state index contributed by atoms with van der Waals surface area (Å²) in [4.78, 5) is 23.5. The SMILES string of the molecule is COC(=O)c1cc(C(=O)OC)cc(-n2nnc(CO)c2C)c1. The van der Waals surface area contributed by atoms with E-state index in [1.807, 2.05) is 0 Å². The molecule has 0 bridgehead atoms. The number of methoxy groups -OCH3 is 2. The molecule has 0 radical (unpaired) electrons. The van der Waals surface area contributed by atoms with Crippen LogP contribution in [-0.4, -0.2) is 46.3 Å². The van der Waals surface area contributed by atoms with E-state index < -0.39 is 11.9 Å². The molecule has 0 fully saturated rings. The molecule has 116 valence electrons. The van der Waals surface area contributed by atoms with Gasteiger partial charge in [0.15, 0.2) is 0 Å². The molecule has 0 aliphatic heterocycles. The fourth-order valence-corrected chi connectivity index (χ4v) is 1.96. The van der Waals surface area contributed by atoms with Crippen molar-refractivity contribution in [3.63, 3.8) is 0 Å². The minimum atomic E-state index is -0.591. The van der Waals surface area contributed by atoms with Gasteiger partial charge >= 0.3 is 11.9 Å². The molecule has 0 saturated carbocycles. The average molecular weight is 305 g/mol. The molecule has 22 heavy (non-hydrogen) atoms. The predicted octanol–water partition coefficient (Wildman–Crippen LogP) is 0.641. The Morgan fingerprint density at radius 2 is 1.68 bits per heavy atom. The first-order chi connectivity index (χ1) is 10.5. The summed E-state index contributed by atoms with van der Waals surface area (Å²) in [7, 11) is 2.49. The fourth-order valence-electron chi connectivity index (χ4n) is 1.96. The van der Waals surface area contributed by atoms with Crippen LogP contribution < -0.4 is 0 Å². The van der Waals surface area contributed by atoms with E-state index in [1.165, 1.54) is 37.1 Å². The van der Waals surface area contributed by atoms with E-state index in [-0.39, 0.29) is 17.7 Å². The number of esters is 2. The van der Waals surface area contributed by atoms with Gasteiger partial charge in [-0.1, -0.05) is 5.21 Å². The topological polar surface area (TPSA) is 104 Å². The molecule has 1 aromatic carbocycles. The van der Waals surface area contributed by atoms with Crippen molar-refractivity contribution in [3.8, 4) is 5.69 Å². The van der Waals surface area contributed by atoms with Crippen LogP contribution in [-0.2, 0) is 16.1 Å². The van der Waals surface area contributed by atoms with Gasteiger partial charge in [0.05, 0.1) is 43.3 Å². The maximum Gasteiger partial charge on any atom is 0.337 e. The highest BCUT2D eigenvalue weighted by molar-refractivity contribution is 5.96. The van der Waals surface area contributed by atoms with Gasteiger partial charge in [-0.15, -0.1) is 5.10 Å². The molecule has 0 aliphatic rings. The zero-order valence-corrected chi connectivity index (χ0v) is 12.4. The number of carbonyl (C=O) groups excluding carboxylic acids is 2. The fraction of sp³-hybridized carbons (Fsp3) is 0.286. The molecule has 8 heteroatoms. The summed E-state index contributed by atoms with van der Waals surface area (Å²) in [6, 6.07) is 4.41. The number of rotatable bonds is 4. The Hall–Kier alpha value is -2.74. The molecule has 1 N–H and O–H groups in total. The monoisotopic (exact) mass is 305 g/mol. The number of aliphatic hydroxyl groups excluding tert-OH is 1. The highest BCUT2D eigenvalue weighted by atomic mass is 16.5. The zero-order valence-electron chi connectivity index (χ0n) is 12.4. The molecule has 2 rings (SSSR count). The number of nitrogens with zero attached hydrogens (tertiary/aromatic N) is 3. The molecular weight excluding hydrogens is 290 g/mol. The van der Waals surface area contributed by atoms with Crippen LogP contribution in [0, 0.1) is 6.92 Å². The van der Waals surface area contributed by atoms with Gasteiger partial charge in [0, 0.05) is 0 Å². The van der Waals surface area contributed by atoms with Crippen LogP contribution in [0.25, 0.3) is 5.69 Å². The van der Waals surface area contributed by atoms with Gasteiger partial charge in [-0.25, -0.2) is 14.3 Å². The lowest BCUT2D eigenvalue weighted by molar-refractivity contribution is 0.0599. The van der Waals surface area contributed by atoms with Gasteiger partial charge in [-0.05, 0) is 25.1 Å². The lowest BCUT2D eigenvalue weighted by Crippen LogP contribution is -2.10. The van der Waals surface area contributed by atoms with E-state index in [4.69, 9.17) is 0 Å². The third-order valence-corrected chi connectivity index (χ3v) is 3.14. The van der Waals surface area contributed by atoms with Crippen LogP contribution in [0.1, 0.15) is 32.1 Å². The molecule has 8 nitrogen and oxygen atoms in total. The lowest BCUT2D eigenvalue weighted by atomic mass is 10.1. The standard InChI is InChI=1S/C14H15N3O5/c1-8-12(7-18)15-16-17(8)11-5-9(13(19)21-2)4-10(6-11)14(20)22-3/h4-6,18H,7H2,1-3H3. The van der Waals surface area contributed by atoms with Crippen LogP contribution in [0.2, 0.25) is 0 Å². The number of aliphatic hydroxyl groups is 1. The summed E-state index contributed by atoms with van der Waals surface area (Å²) >= 11 is 0. The number of ether oxygens (including phenoxy) is 2. The highest BCUT2D eigenvalue weighted by Crippen LogP contribution is 2.18. The zero-order chi connectivity index (χ0) is 16.3. The molecule has 2 aromatic rings. The normalized spacial score (nSPS) is 10.4. The molecule has 0 spiro atoms. The third-order valence-electron chi connectivity index (χ3n) is 3.14. The van der Waals surface area contributed by atoms with E-state index in [0.717, 1.165) is 0 Å². The number of hydrogen-bond acceptors (Lipinski definition) is 7. The molecule has 1 aromatic heterocycles. The van der Waals surface area contributed by atoms with Gasteiger partial charge in [-0.3, -0.25) is 0 Å². The van der Waals surface area contributed by atoms with Crippen molar-refractivity contribution in [3.05, 3.63) is 40.7 Å². The van der Waals surface area contributed by atoms with Crippen LogP contribution in [0.5, 0.6) is 0 Å². The second kappa shape index (κ2) is 6.35. The second-order valence-corrected chi connectivity index (χ2v) is 4.44. The summed E-state index contributed by atoms with van der Waals surface area (Å²) in [6.07, 6.45) is 0. The first kappa shape index (κ1) is 15.6. The Labute approximate surface area is 126 Å². The minimum absolute atomic E-state index is 0.181. The van der Waals surface area contributed by atoms with Crippen LogP contribution in [0.15, 0.2) is 18.2 Å². The Morgan fingerprint density at radius 3 is 2.09 bits per heavy atom. The molecule has 0 saturated heterocycles. The Bertz CT molecular complexity index is 689. The summed E-state index contributed by atoms with van der Waals surface area (Å²) in [6.45, 7) is 1.46. The van der Waals surface area contributed by atoms with Gasteiger partial charge in [0.25, 0.3) is 0 Å². The lowest BCUT2D eigenvalue weighted by Gasteiger charge is -2.09. The summed E-state index contributed by atoms with van der Waals surface area (Å²) in [5.74, 6) is -1.18. The van der Waals surface area contributed by atoms with E-state index >= 15 is 0 Å². The Balaban J connectivity index is 2.61. The molecule has 0 aliphatic carbocycles. The maximum absolute atomic E-state index is 11.7. The van der Waals surface area contributed by atoms with Crippen LogP contribution >= 0.6 is 0 Å². The highest BCUT2D eigenvalue weighted by Gasteiger charge is 2.17. The summed E-state index contributed by atoms with van der Waals surface area (Å²) in [5.41, 5.74) is 1.80. The third kappa shape index (κ3) is 2.82. The van der Waals surface area contributed by atoms with Crippen LogP contribution in [0.4, 0.5) is 0 Å². The molecule has 0 atom stereocenters. The van der Waals surface area contributed by atoms with Crippen molar-refractivity contribution in [1.29, 1.82) is 0 Å². The minimum Gasteiger partial charge on any atom is -0.465 e. The van der Waals surface area contributed by atoms with Gasteiger partial charge in [0.2, 0.25) is 0 Å². The number of hydrogen-bond donors (Lipinski definition) is 1. The van der Waals surface area contributed by atoms with Crippen molar-refractivity contribution in [2.75, 3.05) is 14.2 Å². The predicted molar refractivity (Wildman–Crippen MR) is 74.7 cm³/mol. The van der Waals surface area contributed by atoms with E-state index in [9.17, 15) is 14.7 Å².